The van der Waals surface area contributed by atoms with Crippen molar-refractivity contribution in [3.05, 3.63) is 23.7 Å². The van der Waals surface area contributed by atoms with Crippen molar-refractivity contribution >= 4 is 5.97 Å². The predicted molar refractivity (Wildman–Crippen MR) is 98.7 cm³/mol. The third-order valence-corrected chi connectivity index (χ3v) is 8.31. The quantitative estimate of drug-likeness (QED) is 0.752. The molecule has 1 aromatic rings. The Morgan fingerprint density at radius 3 is 2.73 bits per heavy atom. The minimum atomic E-state index is -1.02. The van der Waals surface area contributed by atoms with Gasteiger partial charge in [0.05, 0.1) is 6.26 Å². The van der Waals surface area contributed by atoms with Gasteiger partial charge in [0.25, 0.3) is 0 Å². The largest absolute Gasteiger partial charge is 0.469 e. The van der Waals surface area contributed by atoms with Crippen LogP contribution in [0.1, 0.15) is 77.5 Å². The van der Waals surface area contributed by atoms with E-state index in [1.807, 2.05) is 0 Å². The molecule has 3 aliphatic rings. The smallest absolute Gasteiger partial charge is 0.303 e. The number of furan rings is 1. The van der Waals surface area contributed by atoms with Gasteiger partial charge >= 0.3 is 5.97 Å². The number of carbonyl (C=O) groups is 1. The highest BCUT2D eigenvalue weighted by atomic mass is 16.6. The fourth-order valence-corrected chi connectivity index (χ4v) is 6.99. The summed E-state index contributed by atoms with van der Waals surface area (Å²) >= 11 is 0. The van der Waals surface area contributed by atoms with Gasteiger partial charge in [-0.05, 0) is 54.1 Å². The zero-order valence-corrected chi connectivity index (χ0v) is 16.7. The number of aliphatic hydroxyl groups is 1. The normalized spacial score (nSPS) is 43.8. The van der Waals surface area contributed by atoms with E-state index in [-0.39, 0.29) is 16.8 Å². The molecule has 1 heterocycles. The first-order chi connectivity index (χ1) is 12.1. The van der Waals surface area contributed by atoms with E-state index in [0.29, 0.717) is 17.8 Å². The monoisotopic (exact) mass is 360 g/mol. The molecule has 4 rings (SSSR count). The molecule has 0 unspecified atom stereocenters. The second-order valence-electron chi connectivity index (χ2n) is 9.82. The van der Waals surface area contributed by atoms with Crippen molar-refractivity contribution in [3.63, 3.8) is 0 Å². The predicted octanol–water partition coefficient (Wildman–Crippen LogP) is 4.45. The first-order valence-electron chi connectivity index (χ1n) is 10.1. The molecule has 2 saturated carbocycles. The molecular formula is C22H32O4. The third kappa shape index (κ3) is 2.14. The van der Waals surface area contributed by atoms with Crippen LogP contribution >= 0.6 is 0 Å². The summed E-state index contributed by atoms with van der Waals surface area (Å²) in [5, 5.41) is 12.2. The van der Waals surface area contributed by atoms with Gasteiger partial charge in [-0.3, -0.25) is 4.79 Å². The number of rotatable bonds is 1. The molecule has 0 spiro atoms. The zero-order valence-electron chi connectivity index (χ0n) is 16.7. The topological polar surface area (TPSA) is 59.7 Å². The van der Waals surface area contributed by atoms with E-state index in [1.165, 1.54) is 12.5 Å². The Kier molecular flexibility index (Phi) is 3.90. The fourth-order valence-electron chi connectivity index (χ4n) is 6.99. The van der Waals surface area contributed by atoms with Gasteiger partial charge in [-0.1, -0.05) is 34.1 Å². The first-order valence-corrected chi connectivity index (χ1v) is 10.1. The van der Waals surface area contributed by atoms with Gasteiger partial charge in [-0.25, -0.2) is 0 Å². The lowest BCUT2D eigenvalue weighted by atomic mass is 9.40. The summed E-state index contributed by atoms with van der Waals surface area (Å²) in [7, 11) is 0. The SMILES string of the molecule is CC(=O)O[C@@H]1C[C@H]2[C@H](C)c3ccoc3C[C@@H]2[C@@]2(C)CCCC(C)(C)[C@]12O. The molecule has 4 heteroatoms. The van der Waals surface area contributed by atoms with Crippen LogP contribution in [0.2, 0.25) is 0 Å². The first kappa shape index (κ1) is 18.1. The summed E-state index contributed by atoms with van der Waals surface area (Å²) < 4.78 is 11.6. The van der Waals surface area contributed by atoms with Gasteiger partial charge in [-0.2, -0.15) is 0 Å². The minimum absolute atomic E-state index is 0.293. The number of fused-ring (bicyclic) bond motifs is 4. The number of carbonyl (C=O) groups excluding carboxylic acids is 1. The zero-order chi connectivity index (χ0) is 18.9. The maximum Gasteiger partial charge on any atom is 0.303 e. The van der Waals surface area contributed by atoms with E-state index >= 15 is 0 Å². The van der Waals surface area contributed by atoms with Crippen molar-refractivity contribution in [2.24, 2.45) is 22.7 Å². The number of hydrogen-bond acceptors (Lipinski definition) is 4. The highest BCUT2D eigenvalue weighted by molar-refractivity contribution is 5.66. The fraction of sp³-hybridized carbons (Fsp3) is 0.773. The Morgan fingerprint density at radius 2 is 2.04 bits per heavy atom. The molecule has 4 nitrogen and oxygen atoms in total. The van der Waals surface area contributed by atoms with E-state index < -0.39 is 11.7 Å². The molecule has 0 amide bonds. The lowest BCUT2D eigenvalue weighted by Crippen LogP contribution is -2.72. The molecule has 0 radical (unpaired) electrons. The summed E-state index contributed by atoms with van der Waals surface area (Å²) in [5.41, 5.74) is -0.319. The van der Waals surface area contributed by atoms with E-state index in [4.69, 9.17) is 9.15 Å². The van der Waals surface area contributed by atoms with Crippen LogP contribution in [-0.4, -0.2) is 22.8 Å². The van der Waals surface area contributed by atoms with Crippen molar-refractivity contribution in [3.8, 4) is 0 Å². The van der Waals surface area contributed by atoms with Crippen molar-refractivity contribution in [2.75, 3.05) is 0 Å². The lowest BCUT2D eigenvalue weighted by Gasteiger charge is -2.67. The van der Waals surface area contributed by atoms with E-state index in [0.717, 1.165) is 37.9 Å². The molecule has 0 aromatic carbocycles. The molecule has 1 N–H and O–H groups in total. The number of hydrogen-bond donors (Lipinski definition) is 1. The average Bonchev–Trinajstić information content (AvgIpc) is 3.01. The van der Waals surface area contributed by atoms with Gasteiger partial charge in [0.1, 0.15) is 17.5 Å². The summed E-state index contributed by atoms with van der Waals surface area (Å²) in [4.78, 5) is 11.9. The van der Waals surface area contributed by atoms with Gasteiger partial charge in [0, 0.05) is 18.8 Å². The lowest BCUT2D eigenvalue weighted by molar-refractivity contribution is -0.290. The Bertz CT molecular complexity index is 719. The van der Waals surface area contributed by atoms with Crippen molar-refractivity contribution in [1.82, 2.24) is 0 Å². The standard InChI is InChI=1S/C22H32O4/c1-13-15-7-10-25-18(15)12-17-16(13)11-19(26-14(2)23)22(24)20(3,4)8-6-9-21(17,22)5/h7,10,13,16-17,19,24H,6,8-9,11-12H2,1-5H3/t13-,16+,17+,19-,21-,22-/m1/s1. The number of esters is 1. The summed E-state index contributed by atoms with van der Waals surface area (Å²) in [6.45, 7) is 10.2. The molecule has 6 atom stereocenters. The van der Waals surface area contributed by atoms with Gasteiger partial charge in [-0.15, -0.1) is 0 Å². The van der Waals surface area contributed by atoms with E-state index in [2.05, 4.69) is 33.8 Å². The average molecular weight is 360 g/mol. The van der Waals surface area contributed by atoms with Crippen LogP contribution in [0.4, 0.5) is 0 Å². The Morgan fingerprint density at radius 1 is 1.31 bits per heavy atom. The molecule has 0 bridgehead atoms. The highest BCUT2D eigenvalue weighted by Gasteiger charge is 2.70. The van der Waals surface area contributed by atoms with Gasteiger partial charge < -0.3 is 14.3 Å². The summed E-state index contributed by atoms with van der Waals surface area (Å²) in [5.74, 6) is 1.87. The van der Waals surface area contributed by atoms with Crippen LogP contribution < -0.4 is 0 Å². The van der Waals surface area contributed by atoms with Crippen molar-refractivity contribution in [2.45, 2.75) is 84.3 Å². The Hall–Kier alpha value is -1.29. The highest BCUT2D eigenvalue weighted by Crippen LogP contribution is 2.67. The minimum Gasteiger partial charge on any atom is -0.469 e. The third-order valence-electron chi connectivity index (χ3n) is 8.31. The summed E-state index contributed by atoms with van der Waals surface area (Å²) in [6.07, 6.45) is 5.97. The summed E-state index contributed by atoms with van der Waals surface area (Å²) in [6, 6.07) is 2.09. The molecule has 0 aliphatic heterocycles. The molecule has 1 aromatic heterocycles. The molecule has 3 aliphatic carbocycles. The van der Waals surface area contributed by atoms with Gasteiger partial charge in [0.2, 0.25) is 0 Å². The van der Waals surface area contributed by atoms with Gasteiger partial charge in [0.15, 0.2) is 0 Å². The molecule has 0 saturated heterocycles. The maximum absolute atomic E-state index is 12.2. The maximum atomic E-state index is 12.2. The van der Waals surface area contributed by atoms with Crippen LogP contribution in [0, 0.1) is 22.7 Å². The van der Waals surface area contributed by atoms with E-state index in [1.54, 1.807) is 6.26 Å². The second-order valence-corrected chi connectivity index (χ2v) is 9.82. The number of ether oxygens (including phenoxy) is 1. The van der Waals surface area contributed by atoms with Crippen LogP contribution in [0.3, 0.4) is 0 Å². The molecule has 144 valence electrons. The van der Waals surface area contributed by atoms with Crippen molar-refractivity contribution < 1.29 is 19.1 Å². The second kappa shape index (κ2) is 5.60. The van der Waals surface area contributed by atoms with E-state index in [9.17, 15) is 9.90 Å². The van der Waals surface area contributed by atoms with Crippen LogP contribution in [-0.2, 0) is 16.0 Å². The van der Waals surface area contributed by atoms with Crippen LogP contribution in [0.25, 0.3) is 0 Å². The van der Waals surface area contributed by atoms with Crippen LogP contribution in [0.5, 0.6) is 0 Å². The Labute approximate surface area is 156 Å². The van der Waals surface area contributed by atoms with Crippen molar-refractivity contribution in [1.29, 1.82) is 0 Å². The molecule has 2 fully saturated rings. The molecular weight excluding hydrogens is 328 g/mol. The van der Waals surface area contributed by atoms with Crippen LogP contribution in [0.15, 0.2) is 16.7 Å². The Balaban J connectivity index is 1.85. The molecule has 26 heavy (non-hydrogen) atoms.